The van der Waals surface area contributed by atoms with Crippen LogP contribution in [0.1, 0.15) is 323 Å². The maximum Gasteiger partial charge on any atom is 0.306 e. The Kier molecular flexibility index (Phi) is 61.2. The molecule has 1 atom stereocenters. The van der Waals surface area contributed by atoms with Crippen LogP contribution in [-0.4, -0.2) is 37.2 Å². The van der Waals surface area contributed by atoms with Crippen LogP contribution in [0.2, 0.25) is 0 Å². The van der Waals surface area contributed by atoms with E-state index >= 15 is 0 Å². The predicted molar refractivity (Wildman–Crippen MR) is 330 cm³/mol. The summed E-state index contributed by atoms with van der Waals surface area (Å²) in [6.07, 6.45) is 84.6. The van der Waals surface area contributed by atoms with E-state index in [-0.39, 0.29) is 31.1 Å². The third-order valence-corrected chi connectivity index (χ3v) is 14.1. The van der Waals surface area contributed by atoms with Crippen LogP contribution in [0.4, 0.5) is 0 Å². The lowest BCUT2D eigenvalue weighted by Crippen LogP contribution is -2.30. The number of carbonyl (C=O) groups is 3. The van der Waals surface area contributed by atoms with Crippen molar-refractivity contribution in [2.24, 2.45) is 0 Å². The lowest BCUT2D eigenvalue weighted by molar-refractivity contribution is -0.167. The zero-order valence-corrected chi connectivity index (χ0v) is 50.3. The number of rotatable bonds is 59. The third-order valence-electron chi connectivity index (χ3n) is 14.1. The van der Waals surface area contributed by atoms with Crippen LogP contribution in [-0.2, 0) is 28.6 Å². The standard InChI is InChI=1S/C70H122O6/c1-4-7-10-13-16-19-22-25-27-28-29-30-31-32-33-34-35-36-37-38-39-40-41-42-43-46-48-51-54-57-60-63-69(72)75-66-67(65-74-68(71)62-59-56-53-50-47-44-24-21-18-15-12-9-6-3)76-70(73)64-61-58-55-52-49-45-26-23-20-17-14-11-8-5-2/h7,10,12,15-16,19,21,24-25,27,29-30,32-33,67H,4-6,8-9,11,13-14,17-18,20,22-23,26,28,31,34-66H2,1-3H3/b10-7-,15-12-,19-16-,24-21-,27-25-,30-29-,33-32-. The van der Waals surface area contributed by atoms with Crippen LogP contribution in [0.3, 0.4) is 0 Å². The van der Waals surface area contributed by atoms with Gasteiger partial charge in [-0.2, -0.15) is 0 Å². The molecule has 0 amide bonds. The molecule has 76 heavy (non-hydrogen) atoms. The molecule has 0 saturated carbocycles. The van der Waals surface area contributed by atoms with Crippen molar-refractivity contribution < 1.29 is 28.6 Å². The molecule has 0 heterocycles. The SMILES string of the molecule is CC/C=C\C/C=C\C/C=C\C/C=C\C/C=C\CCCCCCCCCCCCCCCCCC(=O)OCC(COC(=O)CCCCCCC/C=C\C/C=C\CCC)OC(=O)CCCCCCCCCCCCCCCC. The molecule has 0 spiro atoms. The molecule has 6 heteroatoms. The molecule has 6 nitrogen and oxygen atoms in total. The van der Waals surface area contributed by atoms with Crippen LogP contribution in [0.5, 0.6) is 0 Å². The number of ether oxygens (including phenoxy) is 3. The van der Waals surface area contributed by atoms with Crippen molar-refractivity contribution in [1.82, 2.24) is 0 Å². The number of hydrogen-bond acceptors (Lipinski definition) is 6. The molecule has 438 valence electrons. The van der Waals surface area contributed by atoms with Gasteiger partial charge in [0.25, 0.3) is 0 Å². The van der Waals surface area contributed by atoms with E-state index in [1.54, 1.807) is 0 Å². The molecule has 0 bridgehead atoms. The fourth-order valence-corrected chi connectivity index (χ4v) is 9.27. The first-order valence-corrected chi connectivity index (χ1v) is 32.6. The van der Waals surface area contributed by atoms with Gasteiger partial charge in [-0.3, -0.25) is 14.4 Å². The first-order valence-electron chi connectivity index (χ1n) is 32.6. The minimum absolute atomic E-state index is 0.0769. The van der Waals surface area contributed by atoms with Crippen LogP contribution in [0.15, 0.2) is 85.1 Å². The summed E-state index contributed by atoms with van der Waals surface area (Å²) in [6.45, 7) is 6.48. The fraction of sp³-hybridized carbons (Fsp3) is 0.757. The van der Waals surface area contributed by atoms with E-state index in [0.717, 1.165) is 116 Å². The van der Waals surface area contributed by atoms with Gasteiger partial charge < -0.3 is 14.2 Å². The molecule has 0 saturated heterocycles. The number of unbranched alkanes of at least 4 members (excludes halogenated alkanes) is 34. The highest BCUT2D eigenvalue weighted by Crippen LogP contribution is 2.17. The van der Waals surface area contributed by atoms with Gasteiger partial charge in [-0.25, -0.2) is 0 Å². The van der Waals surface area contributed by atoms with Crippen LogP contribution in [0, 0.1) is 0 Å². The van der Waals surface area contributed by atoms with Gasteiger partial charge in [0, 0.05) is 19.3 Å². The van der Waals surface area contributed by atoms with Crippen molar-refractivity contribution in [2.45, 2.75) is 329 Å². The molecule has 0 N–H and O–H groups in total. The zero-order valence-electron chi connectivity index (χ0n) is 50.3. The van der Waals surface area contributed by atoms with E-state index in [4.69, 9.17) is 14.2 Å². The smallest absolute Gasteiger partial charge is 0.306 e. The molecule has 1 unspecified atom stereocenters. The van der Waals surface area contributed by atoms with E-state index in [1.165, 1.54) is 167 Å². The normalized spacial score (nSPS) is 12.6. The van der Waals surface area contributed by atoms with Gasteiger partial charge in [0.05, 0.1) is 0 Å². The van der Waals surface area contributed by atoms with Crippen molar-refractivity contribution >= 4 is 17.9 Å². The quantitative estimate of drug-likeness (QED) is 0.0261. The van der Waals surface area contributed by atoms with Crippen molar-refractivity contribution in [2.75, 3.05) is 13.2 Å². The van der Waals surface area contributed by atoms with E-state index in [1.807, 2.05) is 0 Å². The number of hydrogen-bond donors (Lipinski definition) is 0. The molecule has 0 aromatic heterocycles. The van der Waals surface area contributed by atoms with Crippen molar-refractivity contribution in [1.29, 1.82) is 0 Å². The number of carbonyl (C=O) groups excluding carboxylic acids is 3. The molecular formula is C70H122O6. The maximum atomic E-state index is 12.9. The Hall–Kier alpha value is -3.41. The summed E-state index contributed by atoms with van der Waals surface area (Å²) in [5, 5.41) is 0. The first kappa shape index (κ1) is 72.6. The lowest BCUT2D eigenvalue weighted by Gasteiger charge is -2.18. The van der Waals surface area contributed by atoms with Gasteiger partial charge in [0.2, 0.25) is 0 Å². The highest BCUT2D eigenvalue weighted by molar-refractivity contribution is 5.71. The molecule has 0 aromatic carbocycles. The van der Waals surface area contributed by atoms with E-state index in [2.05, 4.69) is 106 Å². The minimum atomic E-state index is -0.779. The van der Waals surface area contributed by atoms with Crippen LogP contribution in [0.25, 0.3) is 0 Å². The molecule has 0 fully saturated rings. The van der Waals surface area contributed by atoms with Gasteiger partial charge in [-0.05, 0) is 89.9 Å². The Bertz CT molecular complexity index is 1450. The minimum Gasteiger partial charge on any atom is -0.462 e. The lowest BCUT2D eigenvalue weighted by atomic mass is 10.0. The van der Waals surface area contributed by atoms with Gasteiger partial charge >= 0.3 is 17.9 Å². The highest BCUT2D eigenvalue weighted by Gasteiger charge is 2.19. The fourth-order valence-electron chi connectivity index (χ4n) is 9.27. The topological polar surface area (TPSA) is 78.9 Å². The summed E-state index contributed by atoms with van der Waals surface area (Å²) in [5.74, 6) is -0.877. The maximum absolute atomic E-state index is 12.9. The average Bonchev–Trinajstić information content (AvgIpc) is 3.42. The monoisotopic (exact) mass is 1060 g/mol. The van der Waals surface area contributed by atoms with Crippen molar-refractivity contribution in [3.63, 3.8) is 0 Å². The Labute approximate surface area is 471 Å². The van der Waals surface area contributed by atoms with Gasteiger partial charge in [0.1, 0.15) is 13.2 Å². The largest absolute Gasteiger partial charge is 0.462 e. The third kappa shape index (κ3) is 61.4. The summed E-state index contributed by atoms with van der Waals surface area (Å²) >= 11 is 0. The second kappa shape index (κ2) is 64.1. The summed E-state index contributed by atoms with van der Waals surface area (Å²) in [7, 11) is 0. The predicted octanol–water partition coefficient (Wildman–Crippen LogP) is 22.3. The van der Waals surface area contributed by atoms with Crippen LogP contribution >= 0.6 is 0 Å². The highest BCUT2D eigenvalue weighted by atomic mass is 16.6. The summed E-state index contributed by atoms with van der Waals surface area (Å²) in [5.41, 5.74) is 0. The Morgan fingerprint density at radius 3 is 0.855 bits per heavy atom. The molecule has 0 aromatic rings. The summed E-state index contributed by atoms with van der Waals surface area (Å²) < 4.78 is 16.9. The van der Waals surface area contributed by atoms with Crippen molar-refractivity contribution in [3.8, 4) is 0 Å². The summed E-state index contributed by atoms with van der Waals surface area (Å²) in [6, 6.07) is 0. The second-order valence-corrected chi connectivity index (χ2v) is 21.6. The Morgan fingerprint density at radius 1 is 0.276 bits per heavy atom. The van der Waals surface area contributed by atoms with Gasteiger partial charge in [0.15, 0.2) is 6.10 Å². The van der Waals surface area contributed by atoms with Gasteiger partial charge in [-0.1, -0.05) is 298 Å². The number of esters is 3. The molecule has 0 radical (unpaired) electrons. The zero-order chi connectivity index (χ0) is 55.0. The van der Waals surface area contributed by atoms with Crippen LogP contribution < -0.4 is 0 Å². The number of allylic oxidation sites excluding steroid dienone is 14. The molecule has 0 aliphatic rings. The Morgan fingerprint density at radius 2 is 0.539 bits per heavy atom. The van der Waals surface area contributed by atoms with Crippen molar-refractivity contribution in [3.05, 3.63) is 85.1 Å². The molecular weight excluding hydrogens is 937 g/mol. The van der Waals surface area contributed by atoms with Gasteiger partial charge in [-0.15, -0.1) is 0 Å². The van der Waals surface area contributed by atoms with E-state index < -0.39 is 6.10 Å². The Balaban J connectivity index is 4.17. The van der Waals surface area contributed by atoms with E-state index in [0.29, 0.717) is 19.3 Å². The molecule has 0 aliphatic heterocycles. The molecule has 0 rings (SSSR count). The molecule has 0 aliphatic carbocycles. The average molecular weight is 1060 g/mol. The first-order chi connectivity index (χ1) is 37.5. The second-order valence-electron chi connectivity index (χ2n) is 21.6. The van der Waals surface area contributed by atoms with E-state index in [9.17, 15) is 14.4 Å². The summed E-state index contributed by atoms with van der Waals surface area (Å²) in [4.78, 5) is 38.2.